The van der Waals surface area contributed by atoms with Crippen LogP contribution in [0.3, 0.4) is 0 Å². The number of unbranched alkanes of at least 4 members (excludes halogenated alkanes) is 24. The van der Waals surface area contributed by atoms with Crippen molar-refractivity contribution in [2.24, 2.45) is 0 Å². The third kappa shape index (κ3) is 33.6. The van der Waals surface area contributed by atoms with Crippen LogP contribution in [-0.2, 0) is 28.6 Å². The standard InChI is InChI=1S/C39H74O6/c1-4-7-10-13-16-18-19-21-24-26-29-32-38(41)44-35-36(45-39(42)33-30-27-22-15-12-9-6-3)34-43-37(40)31-28-25-23-20-17-14-11-8-5-2/h36H,4-35H2,1-3H3/t36-/m0/s1. The molecule has 6 nitrogen and oxygen atoms in total. The summed E-state index contributed by atoms with van der Waals surface area (Å²) in [5, 5.41) is 0. The molecule has 0 saturated carbocycles. The Balaban J connectivity index is 4.30. The lowest BCUT2D eigenvalue weighted by molar-refractivity contribution is -0.167. The molecule has 0 amide bonds. The van der Waals surface area contributed by atoms with Gasteiger partial charge in [-0.1, -0.05) is 175 Å². The van der Waals surface area contributed by atoms with Gasteiger partial charge in [-0.05, 0) is 19.3 Å². The Morgan fingerprint density at radius 2 is 0.600 bits per heavy atom. The van der Waals surface area contributed by atoms with Crippen LogP contribution < -0.4 is 0 Å². The fourth-order valence-electron chi connectivity index (χ4n) is 5.62. The summed E-state index contributed by atoms with van der Waals surface area (Å²) < 4.78 is 16.5. The van der Waals surface area contributed by atoms with Gasteiger partial charge in [0.2, 0.25) is 0 Å². The maximum Gasteiger partial charge on any atom is 0.306 e. The maximum absolute atomic E-state index is 12.5. The summed E-state index contributed by atoms with van der Waals surface area (Å²) in [6.07, 6.45) is 32.4. The molecule has 0 aromatic carbocycles. The second-order valence-electron chi connectivity index (χ2n) is 13.2. The molecule has 1 atom stereocenters. The van der Waals surface area contributed by atoms with Crippen molar-refractivity contribution in [1.29, 1.82) is 0 Å². The van der Waals surface area contributed by atoms with E-state index in [1.54, 1.807) is 0 Å². The first-order valence-corrected chi connectivity index (χ1v) is 19.5. The largest absolute Gasteiger partial charge is 0.462 e. The Morgan fingerprint density at radius 1 is 0.356 bits per heavy atom. The Bertz CT molecular complexity index is 664. The van der Waals surface area contributed by atoms with E-state index in [2.05, 4.69) is 20.8 Å². The predicted molar refractivity (Wildman–Crippen MR) is 187 cm³/mol. The monoisotopic (exact) mass is 639 g/mol. The van der Waals surface area contributed by atoms with Crippen molar-refractivity contribution in [1.82, 2.24) is 0 Å². The van der Waals surface area contributed by atoms with Crippen LogP contribution >= 0.6 is 0 Å². The van der Waals surface area contributed by atoms with Crippen LogP contribution in [-0.4, -0.2) is 37.2 Å². The van der Waals surface area contributed by atoms with Gasteiger partial charge in [0.1, 0.15) is 13.2 Å². The number of hydrogen-bond acceptors (Lipinski definition) is 6. The Morgan fingerprint density at radius 3 is 0.889 bits per heavy atom. The lowest BCUT2D eigenvalue weighted by Crippen LogP contribution is -2.30. The minimum absolute atomic E-state index is 0.0646. The van der Waals surface area contributed by atoms with Crippen molar-refractivity contribution in [3.63, 3.8) is 0 Å². The minimum atomic E-state index is -0.754. The number of carbonyl (C=O) groups excluding carboxylic acids is 3. The lowest BCUT2D eigenvalue weighted by Gasteiger charge is -2.18. The molecule has 45 heavy (non-hydrogen) atoms. The second-order valence-corrected chi connectivity index (χ2v) is 13.2. The molecule has 0 saturated heterocycles. The van der Waals surface area contributed by atoms with E-state index >= 15 is 0 Å². The van der Waals surface area contributed by atoms with Crippen LogP contribution in [0.1, 0.15) is 213 Å². The maximum atomic E-state index is 12.5. The minimum Gasteiger partial charge on any atom is -0.462 e. The first kappa shape index (κ1) is 43.4. The van der Waals surface area contributed by atoms with Crippen molar-refractivity contribution in [3.8, 4) is 0 Å². The first-order valence-electron chi connectivity index (χ1n) is 19.5. The van der Waals surface area contributed by atoms with E-state index in [0.717, 1.165) is 57.8 Å². The molecule has 0 bridgehead atoms. The highest BCUT2D eigenvalue weighted by Crippen LogP contribution is 2.14. The van der Waals surface area contributed by atoms with E-state index in [1.807, 2.05) is 0 Å². The van der Waals surface area contributed by atoms with E-state index in [-0.39, 0.29) is 31.1 Å². The lowest BCUT2D eigenvalue weighted by atomic mass is 10.1. The van der Waals surface area contributed by atoms with E-state index < -0.39 is 6.10 Å². The van der Waals surface area contributed by atoms with Crippen molar-refractivity contribution in [3.05, 3.63) is 0 Å². The van der Waals surface area contributed by atoms with Gasteiger partial charge in [0, 0.05) is 19.3 Å². The molecule has 0 heterocycles. The molecule has 0 radical (unpaired) electrons. The summed E-state index contributed by atoms with van der Waals surface area (Å²) in [6.45, 7) is 6.56. The quantitative estimate of drug-likeness (QED) is 0.0390. The summed E-state index contributed by atoms with van der Waals surface area (Å²) in [7, 11) is 0. The van der Waals surface area contributed by atoms with Crippen LogP contribution in [0.15, 0.2) is 0 Å². The summed E-state index contributed by atoms with van der Waals surface area (Å²) in [5.41, 5.74) is 0. The zero-order valence-electron chi connectivity index (χ0n) is 30.2. The molecule has 0 fully saturated rings. The molecule has 266 valence electrons. The molecule has 6 heteroatoms. The molecule has 0 N–H and O–H groups in total. The summed E-state index contributed by atoms with van der Waals surface area (Å²) >= 11 is 0. The normalized spacial score (nSPS) is 11.8. The van der Waals surface area contributed by atoms with Crippen LogP contribution in [0.25, 0.3) is 0 Å². The number of carbonyl (C=O) groups is 3. The molecular formula is C39H74O6. The van der Waals surface area contributed by atoms with Gasteiger partial charge in [-0.2, -0.15) is 0 Å². The summed E-state index contributed by atoms with van der Waals surface area (Å²) in [5.74, 6) is -0.872. The Kier molecular flexibility index (Phi) is 34.0. The van der Waals surface area contributed by atoms with Crippen molar-refractivity contribution in [2.75, 3.05) is 13.2 Å². The van der Waals surface area contributed by atoms with Crippen LogP contribution in [0.5, 0.6) is 0 Å². The third-order valence-corrected chi connectivity index (χ3v) is 8.61. The van der Waals surface area contributed by atoms with Gasteiger partial charge in [-0.3, -0.25) is 14.4 Å². The second kappa shape index (κ2) is 35.3. The average molecular weight is 639 g/mol. The number of esters is 3. The van der Waals surface area contributed by atoms with Gasteiger partial charge in [0.25, 0.3) is 0 Å². The smallest absolute Gasteiger partial charge is 0.306 e. The zero-order chi connectivity index (χ0) is 33.1. The van der Waals surface area contributed by atoms with Gasteiger partial charge in [0.05, 0.1) is 0 Å². The molecule has 0 aliphatic heterocycles. The SMILES string of the molecule is CCCCCCCCCCCCCC(=O)OC[C@H](COC(=O)CCCCCCCCCCC)OC(=O)CCCCCCCCC. The van der Waals surface area contributed by atoms with Crippen molar-refractivity contribution < 1.29 is 28.6 Å². The van der Waals surface area contributed by atoms with Crippen LogP contribution in [0.4, 0.5) is 0 Å². The fraction of sp³-hybridized carbons (Fsp3) is 0.923. The summed E-state index contributed by atoms with van der Waals surface area (Å²) in [4.78, 5) is 37.3. The Hall–Kier alpha value is -1.59. The molecule has 0 aliphatic carbocycles. The zero-order valence-corrected chi connectivity index (χ0v) is 30.2. The fourth-order valence-corrected chi connectivity index (χ4v) is 5.62. The number of ether oxygens (including phenoxy) is 3. The van der Waals surface area contributed by atoms with Crippen molar-refractivity contribution in [2.45, 2.75) is 219 Å². The molecule has 0 rings (SSSR count). The highest BCUT2D eigenvalue weighted by Gasteiger charge is 2.19. The molecule has 0 aliphatic rings. The van der Waals surface area contributed by atoms with Gasteiger partial charge in [-0.15, -0.1) is 0 Å². The van der Waals surface area contributed by atoms with Gasteiger partial charge >= 0.3 is 17.9 Å². The van der Waals surface area contributed by atoms with Crippen LogP contribution in [0.2, 0.25) is 0 Å². The number of hydrogen-bond donors (Lipinski definition) is 0. The van der Waals surface area contributed by atoms with Crippen molar-refractivity contribution >= 4 is 17.9 Å². The third-order valence-electron chi connectivity index (χ3n) is 8.61. The first-order chi connectivity index (χ1) is 22.0. The molecule has 0 aromatic heterocycles. The molecule has 0 aromatic rings. The predicted octanol–water partition coefficient (Wildman–Crippen LogP) is 11.7. The molecule has 0 spiro atoms. The van der Waals surface area contributed by atoms with E-state index in [0.29, 0.717) is 19.3 Å². The highest BCUT2D eigenvalue weighted by molar-refractivity contribution is 5.71. The molecular weight excluding hydrogens is 564 g/mol. The van der Waals surface area contributed by atoms with Crippen LogP contribution in [0, 0.1) is 0 Å². The van der Waals surface area contributed by atoms with Gasteiger partial charge in [0.15, 0.2) is 6.10 Å². The Labute approximate surface area is 278 Å². The average Bonchev–Trinajstić information content (AvgIpc) is 3.03. The topological polar surface area (TPSA) is 78.9 Å². The number of rotatable bonds is 35. The molecule has 0 unspecified atom stereocenters. The van der Waals surface area contributed by atoms with Gasteiger partial charge < -0.3 is 14.2 Å². The van der Waals surface area contributed by atoms with E-state index in [9.17, 15) is 14.4 Å². The highest BCUT2D eigenvalue weighted by atomic mass is 16.6. The summed E-state index contributed by atoms with van der Waals surface area (Å²) in [6, 6.07) is 0. The van der Waals surface area contributed by atoms with E-state index in [4.69, 9.17) is 14.2 Å². The van der Waals surface area contributed by atoms with Gasteiger partial charge in [-0.25, -0.2) is 0 Å². The van der Waals surface area contributed by atoms with E-state index in [1.165, 1.54) is 116 Å².